The standard InChI is InChI=1S/C16H40N2OSi2/c1-9-17(10-2)14-15-18(20(4,5)6)13-12-16-21(7,8)19-11-3/h9-16H2,1-8H3. The zero-order valence-corrected chi connectivity index (χ0v) is 18.0. The second-order valence-corrected chi connectivity index (χ2v) is 16.8. The molecule has 0 bridgehead atoms. The zero-order chi connectivity index (χ0) is 16.5. The van der Waals surface area contributed by atoms with Gasteiger partial charge in [-0.1, -0.05) is 33.5 Å². The molecular weight excluding hydrogens is 292 g/mol. The fraction of sp³-hybridized carbons (Fsp3) is 1.00. The van der Waals surface area contributed by atoms with Crippen LogP contribution in [0.25, 0.3) is 0 Å². The van der Waals surface area contributed by atoms with Crippen molar-refractivity contribution < 1.29 is 4.43 Å². The van der Waals surface area contributed by atoms with E-state index in [2.05, 4.69) is 63.0 Å². The summed E-state index contributed by atoms with van der Waals surface area (Å²) in [7, 11) is -2.62. The van der Waals surface area contributed by atoms with E-state index in [0.29, 0.717) is 0 Å². The lowest BCUT2D eigenvalue weighted by molar-refractivity contribution is 0.267. The van der Waals surface area contributed by atoms with Gasteiger partial charge in [0, 0.05) is 19.7 Å². The summed E-state index contributed by atoms with van der Waals surface area (Å²) in [6.45, 7) is 25.7. The molecule has 0 aromatic carbocycles. The van der Waals surface area contributed by atoms with Gasteiger partial charge in [0.05, 0.1) is 0 Å². The Kier molecular flexibility index (Phi) is 10.3. The van der Waals surface area contributed by atoms with Crippen LogP contribution in [0.3, 0.4) is 0 Å². The third kappa shape index (κ3) is 9.84. The monoisotopic (exact) mass is 332 g/mol. The van der Waals surface area contributed by atoms with Crippen LogP contribution in [0, 0.1) is 0 Å². The summed E-state index contributed by atoms with van der Waals surface area (Å²) in [5.41, 5.74) is 0. The highest BCUT2D eigenvalue weighted by atomic mass is 28.4. The van der Waals surface area contributed by atoms with Gasteiger partial charge in [-0.3, -0.25) is 0 Å². The molecule has 0 radical (unpaired) electrons. The minimum absolute atomic E-state index is 0.874. The number of nitrogens with zero attached hydrogens (tertiary/aromatic N) is 2. The molecule has 5 heteroatoms. The molecule has 0 spiro atoms. The third-order valence-corrected chi connectivity index (χ3v) is 9.24. The number of hydrogen-bond donors (Lipinski definition) is 0. The molecule has 0 heterocycles. The predicted octanol–water partition coefficient (Wildman–Crippen LogP) is 4.10. The lowest BCUT2D eigenvalue weighted by Crippen LogP contribution is -2.50. The Morgan fingerprint density at radius 1 is 0.810 bits per heavy atom. The average molecular weight is 333 g/mol. The molecule has 0 aromatic heterocycles. The van der Waals surface area contributed by atoms with Crippen LogP contribution in [0.15, 0.2) is 0 Å². The minimum atomic E-state index is -1.41. The highest BCUT2D eigenvalue weighted by molar-refractivity contribution is 6.73. The molecule has 0 aromatic rings. The van der Waals surface area contributed by atoms with Crippen molar-refractivity contribution in [1.82, 2.24) is 9.47 Å². The molecule has 0 amide bonds. The van der Waals surface area contributed by atoms with Gasteiger partial charge in [0.25, 0.3) is 0 Å². The normalized spacial score (nSPS) is 13.4. The number of hydrogen-bond acceptors (Lipinski definition) is 3. The maximum atomic E-state index is 5.95. The first-order valence-electron chi connectivity index (χ1n) is 8.77. The highest BCUT2D eigenvalue weighted by Gasteiger charge is 2.26. The van der Waals surface area contributed by atoms with E-state index in [0.717, 1.165) is 6.61 Å². The lowest BCUT2D eigenvalue weighted by Gasteiger charge is -2.36. The molecule has 0 saturated heterocycles. The molecule has 21 heavy (non-hydrogen) atoms. The van der Waals surface area contributed by atoms with Gasteiger partial charge >= 0.3 is 0 Å². The summed E-state index contributed by atoms with van der Waals surface area (Å²) < 4.78 is 8.73. The molecule has 0 aliphatic rings. The van der Waals surface area contributed by atoms with E-state index in [-0.39, 0.29) is 0 Å². The molecule has 0 unspecified atom stereocenters. The van der Waals surface area contributed by atoms with Crippen molar-refractivity contribution in [3.63, 3.8) is 0 Å². The summed E-state index contributed by atoms with van der Waals surface area (Å²) in [6.07, 6.45) is 1.29. The average Bonchev–Trinajstić information content (AvgIpc) is 2.36. The van der Waals surface area contributed by atoms with Gasteiger partial charge in [-0.2, -0.15) is 0 Å². The van der Waals surface area contributed by atoms with Gasteiger partial charge in [-0.05, 0) is 52.1 Å². The van der Waals surface area contributed by atoms with Crippen LogP contribution in [0.1, 0.15) is 27.2 Å². The van der Waals surface area contributed by atoms with Crippen LogP contribution in [0.2, 0.25) is 38.8 Å². The van der Waals surface area contributed by atoms with E-state index in [1.54, 1.807) is 0 Å². The van der Waals surface area contributed by atoms with Crippen molar-refractivity contribution in [1.29, 1.82) is 0 Å². The molecule has 0 N–H and O–H groups in total. The molecular formula is C16H40N2OSi2. The quantitative estimate of drug-likeness (QED) is 0.500. The molecule has 3 nitrogen and oxygen atoms in total. The van der Waals surface area contributed by atoms with E-state index >= 15 is 0 Å². The second kappa shape index (κ2) is 10.2. The largest absolute Gasteiger partial charge is 0.418 e. The zero-order valence-electron chi connectivity index (χ0n) is 16.0. The first kappa shape index (κ1) is 21.3. The fourth-order valence-corrected chi connectivity index (χ4v) is 6.28. The first-order valence-corrected chi connectivity index (χ1v) is 15.3. The number of rotatable bonds is 12. The van der Waals surface area contributed by atoms with Crippen LogP contribution in [-0.2, 0) is 4.43 Å². The lowest BCUT2D eigenvalue weighted by atomic mass is 10.4. The van der Waals surface area contributed by atoms with Crippen molar-refractivity contribution in [3.8, 4) is 0 Å². The molecule has 0 aliphatic carbocycles. The van der Waals surface area contributed by atoms with Crippen molar-refractivity contribution in [2.75, 3.05) is 39.3 Å². The van der Waals surface area contributed by atoms with Gasteiger partial charge in [0.1, 0.15) is 8.24 Å². The molecule has 0 fully saturated rings. The van der Waals surface area contributed by atoms with Crippen LogP contribution in [-0.4, -0.2) is 65.3 Å². The summed E-state index contributed by atoms with van der Waals surface area (Å²) in [5.74, 6) is 0. The maximum absolute atomic E-state index is 5.95. The van der Waals surface area contributed by atoms with E-state index in [9.17, 15) is 0 Å². The van der Waals surface area contributed by atoms with Crippen LogP contribution < -0.4 is 0 Å². The molecule has 0 saturated carbocycles. The van der Waals surface area contributed by atoms with Crippen molar-refractivity contribution in [2.24, 2.45) is 0 Å². The SMILES string of the molecule is CCO[Si](C)(C)CCCN(CCN(CC)CC)[Si](C)(C)C. The van der Waals surface area contributed by atoms with Gasteiger partial charge in [-0.25, -0.2) is 0 Å². The predicted molar refractivity (Wildman–Crippen MR) is 101 cm³/mol. The first-order chi connectivity index (χ1) is 9.66. The highest BCUT2D eigenvalue weighted by Crippen LogP contribution is 2.16. The van der Waals surface area contributed by atoms with Crippen LogP contribution in [0.5, 0.6) is 0 Å². The smallest absolute Gasteiger partial charge is 0.186 e. The van der Waals surface area contributed by atoms with E-state index < -0.39 is 16.6 Å². The maximum Gasteiger partial charge on any atom is 0.186 e. The third-order valence-electron chi connectivity index (χ3n) is 4.27. The van der Waals surface area contributed by atoms with E-state index in [1.165, 1.54) is 45.2 Å². The van der Waals surface area contributed by atoms with E-state index in [4.69, 9.17) is 4.43 Å². The summed E-state index contributed by atoms with van der Waals surface area (Å²) >= 11 is 0. The summed E-state index contributed by atoms with van der Waals surface area (Å²) in [5, 5.41) is 0. The fourth-order valence-electron chi connectivity index (χ4n) is 2.74. The molecule has 0 aliphatic heterocycles. The Morgan fingerprint density at radius 3 is 1.81 bits per heavy atom. The minimum Gasteiger partial charge on any atom is -0.418 e. The van der Waals surface area contributed by atoms with Gasteiger partial charge in [-0.15, -0.1) is 0 Å². The molecule has 128 valence electrons. The van der Waals surface area contributed by atoms with Crippen molar-refractivity contribution >= 4 is 16.6 Å². The van der Waals surface area contributed by atoms with Crippen LogP contribution >= 0.6 is 0 Å². The Labute approximate surface area is 136 Å². The molecule has 0 atom stereocenters. The summed E-state index contributed by atoms with van der Waals surface area (Å²) in [4.78, 5) is 2.53. The van der Waals surface area contributed by atoms with Crippen LogP contribution in [0.4, 0.5) is 0 Å². The van der Waals surface area contributed by atoms with Gasteiger partial charge in [0.15, 0.2) is 8.32 Å². The van der Waals surface area contributed by atoms with Gasteiger partial charge < -0.3 is 13.9 Å². The van der Waals surface area contributed by atoms with E-state index in [1.807, 2.05) is 0 Å². The Balaban J connectivity index is 4.32. The summed E-state index contributed by atoms with van der Waals surface area (Å²) in [6, 6.07) is 1.28. The second-order valence-electron chi connectivity index (χ2n) is 7.48. The van der Waals surface area contributed by atoms with Crippen molar-refractivity contribution in [3.05, 3.63) is 0 Å². The topological polar surface area (TPSA) is 15.7 Å². The van der Waals surface area contributed by atoms with Gasteiger partial charge in [0.2, 0.25) is 0 Å². The molecule has 0 rings (SSSR count). The number of likely N-dealkylation sites (N-methyl/N-ethyl adjacent to an activating group) is 1. The Morgan fingerprint density at radius 2 is 1.38 bits per heavy atom. The Bertz CT molecular complexity index is 263. The van der Waals surface area contributed by atoms with Crippen molar-refractivity contribution in [2.45, 2.75) is 66.0 Å². The Hall–Kier alpha value is 0.314.